The van der Waals surface area contributed by atoms with Gasteiger partial charge in [0.15, 0.2) is 0 Å². The van der Waals surface area contributed by atoms with Crippen LogP contribution in [0.25, 0.3) is 0 Å². The van der Waals surface area contributed by atoms with Crippen LogP contribution in [-0.2, 0) is 10.2 Å². The second-order valence-electron chi connectivity index (χ2n) is 3.50. The van der Waals surface area contributed by atoms with Crippen LogP contribution in [0.15, 0.2) is 29.2 Å². The first-order valence-electron chi connectivity index (χ1n) is 4.42. The van der Waals surface area contributed by atoms with Crippen LogP contribution >= 0.6 is 11.8 Å². The molecule has 1 aliphatic carbocycles. The summed E-state index contributed by atoms with van der Waals surface area (Å²) in [5.74, 6) is 0. The number of hydrogen-bond acceptors (Lipinski definition) is 2. The molecule has 2 heteroatoms. The first-order chi connectivity index (χ1) is 6.30. The van der Waals surface area contributed by atoms with Gasteiger partial charge in [-0.25, -0.2) is 0 Å². The van der Waals surface area contributed by atoms with Crippen molar-refractivity contribution in [3.05, 3.63) is 29.8 Å². The lowest BCUT2D eigenvalue weighted by molar-refractivity contribution is -0.109. The third-order valence-electron chi connectivity index (χ3n) is 2.68. The highest BCUT2D eigenvalue weighted by Crippen LogP contribution is 2.46. The van der Waals surface area contributed by atoms with Crippen LogP contribution in [0, 0.1) is 0 Å². The van der Waals surface area contributed by atoms with Crippen molar-refractivity contribution < 1.29 is 4.79 Å². The van der Waals surface area contributed by atoms with E-state index in [0.717, 1.165) is 19.1 Å². The van der Waals surface area contributed by atoms with Gasteiger partial charge in [-0.15, -0.1) is 11.8 Å². The van der Waals surface area contributed by atoms with E-state index in [1.54, 1.807) is 11.8 Å². The average molecular weight is 192 g/mol. The van der Waals surface area contributed by atoms with E-state index in [2.05, 4.69) is 30.5 Å². The van der Waals surface area contributed by atoms with Gasteiger partial charge in [0, 0.05) is 4.90 Å². The molecule has 1 fully saturated rings. The predicted molar refractivity (Wildman–Crippen MR) is 55.2 cm³/mol. The molecule has 1 aliphatic rings. The van der Waals surface area contributed by atoms with E-state index in [1.165, 1.54) is 10.5 Å². The van der Waals surface area contributed by atoms with E-state index in [1.807, 2.05) is 0 Å². The maximum Gasteiger partial charge on any atom is 0.130 e. The van der Waals surface area contributed by atoms with Crippen molar-refractivity contribution >= 4 is 18.0 Å². The molecule has 0 aliphatic heterocycles. The largest absolute Gasteiger partial charge is 0.302 e. The molecule has 1 nitrogen and oxygen atoms in total. The normalized spacial score (nSPS) is 18.2. The van der Waals surface area contributed by atoms with Crippen molar-refractivity contribution in [1.29, 1.82) is 0 Å². The lowest BCUT2D eigenvalue weighted by atomic mass is 9.98. The van der Waals surface area contributed by atoms with E-state index >= 15 is 0 Å². The first-order valence-corrected chi connectivity index (χ1v) is 5.64. The number of carbonyl (C=O) groups excluding carboxylic acids is 1. The first kappa shape index (κ1) is 8.82. The predicted octanol–water partition coefficient (Wildman–Crippen LogP) is 2.64. The molecule has 68 valence electrons. The molecule has 13 heavy (non-hydrogen) atoms. The fourth-order valence-corrected chi connectivity index (χ4v) is 1.94. The van der Waals surface area contributed by atoms with Gasteiger partial charge in [-0.05, 0) is 36.8 Å². The van der Waals surface area contributed by atoms with E-state index in [0.29, 0.717) is 0 Å². The summed E-state index contributed by atoms with van der Waals surface area (Å²) in [7, 11) is 0. The molecular weight excluding hydrogens is 180 g/mol. The zero-order chi connectivity index (χ0) is 9.31. The summed E-state index contributed by atoms with van der Waals surface area (Å²) in [6.07, 6.45) is 5.20. The Morgan fingerprint density at radius 1 is 1.31 bits per heavy atom. The molecule has 0 radical (unpaired) electrons. The minimum Gasteiger partial charge on any atom is -0.302 e. The molecule has 0 atom stereocenters. The van der Waals surface area contributed by atoms with Crippen LogP contribution in [0.5, 0.6) is 0 Å². The second-order valence-corrected chi connectivity index (χ2v) is 4.38. The van der Waals surface area contributed by atoms with Crippen LogP contribution in [-0.4, -0.2) is 12.5 Å². The van der Waals surface area contributed by atoms with Crippen molar-refractivity contribution in [2.45, 2.75) is 23.2 Å². The van der Waals surface area contributed by atoms with Crippen molar-refractivity contribution in [3.8, 4) is 0 Å². The molecular formula is C11H12OS. The third-order valence-corrected chi connectivity index (χ3v) is 3.42. The van der Waals surface area contributed by atoms with Gasteiger partial charge in [-0.3, -0.25) is 0 Å². The molecule has 1 aromatic carbocycles. The molecule has 0 spiro atoms. The Bertz CT molecular complexity index is 311. The number of hydrogen-bond donors (Lipinski definition) is 0. The van der Waals surface area contributed by atoms with Crippen molar-refractivity contribution in [1.82, 2.24) is 0 Å². The van der Waals surface area contributed by atoms with Crippen molar-refractivity contribution in [2.75, 3.05) is 6.26 Å². The Morgan fingerprint density at radius 2 is 1.92 bits per heavy atom. The quantitative estimate of drug-likeness (QED) is 0.541. The fraction of sp³-hybridized carbons (Fsp3) is 0.364. The van der Waals surface area contributed by atoms with Gasteiger partial charge in [0.2, 0.25) is 0 Å². The monoisotopic (exact) mass is 192 g/mol. The Hall–Kier alpha value is -0.760. The lowest BCUT2D eigenvalue weighted by Crippen LogP contribution is -2.06. The summed E-state index contributed by atoms with van der Waals surface area (Å²) in [6.45, 7) is 0. The maximum atomic E-state index is 10.8. The number of carbonyl (C=O) groups is 1. The maximum absolute atomic E-state index is 10.8. The number of thioether (sulfide) groups is 1. The van der Waals surface area contributed by atoms with Crippen LogP contribution in [0.2, 0.25) is 0 Å². The Kier molecular flexibility index (Phi) is 2.16. The van der Waals surface area contributed by atoms with E-state index in [9.17, 15) is 4.79 Å². The minimum atomic E-state index is -0.114. The molecule has 0 saturated heterocycles. The standard InChI is InChI=1S/C11H12OS/c1-13-10-4-2-9(3-5-10)11(8-12)6-7-11/h2-5,8H,6-7H2,1H3. The molecule has 0 amide bonds. The van der Waals surface area contributed by atoms with Crippen LogP contribution < -0.4 is 0 Å². The van der Waals surface area contributed by atoms with Gasteiger partial charge in [0.05, 0.1) is 5.41 Å². The third kappa shape index (κ3) is 1.51. The van der Waals surface area contributed by atoms with Crippen molar-refractivity contribution in [2.24, 2.45) is 0 Å². The van der Waals surface area contributed by atoms with Gasteiger partial charge in [0.1, 0.15) is 6.29 Å². The van der Waals surface area contributed by atoms with Gasteiger partial charge in [-0.2, -0.15) is 0 Å². The SMILES string of the molecule is CSc1ccc(C2(C=O)CC2)cc1. The second kappa shape index (κ2) is 3.18. The Morgan fingerprint density at radius 3 is 2.31 bits per heavy atom. The molecule has 0 N–H and O–H groups in total. The number of rotatable bonds is 3. The van der Waals surface area contributed by atoms with Crippen LogP contribution in [0.3, 0.4) is 0 Å². The Labute approximate surface area is 82.5 Å². The number of aldehydes is 1. The summed E-state index contributed by atoms with van der Waals surface area (Å²) in [6, 6.07) is 8.33. The number of benzene rings is 1. The fourth-order valence-electron chi connectivity index (χ4n) is 1.53. The zero-order valence-corrected chi connectivity index (χ0v) is 8.43. The summed E-state index contributed by atoms with van der Waals surface area (Å²) < 4.78 is 0. The van der Waals surface area contributed by atoms with Gasteiger partial charge >= 0.3 is 0 Å². The van der Waals surface area contributed by atoms with Gasteiger partial charge in [-0.1, -0.05) is 12.1 Å². The highest BCUT2D eigenvalue weighted by molar-refractivity contribution is 7.98. The summed E-state index contributed by atoms with van der Waals surface area (Å²) in [5, 5.41) is 0. The molecule has 0 aromatic heterocycles. The molecule has 0 bridgehead atoms. The highest BCUT2D eigenvalue weighted by atomic mass is 32.2. The van der Waals surface area contributed by atoms with Crippen LogP contribution in [0.1, 0.15) is 18.4 Å². The molecule has 0 unspecified atom stereocenters. The minimum absolute atomic E-state index is 0.114. The molecule has 2 rings (SSSR count). The van der Waals surface area contributed by atoms with Crippen LogP contribution in [0.4, 0.5) is 0 Å². The summed E-state index contributed by atoms with van der Waals surface area (Å²) >= 11 is 1.73. The molecule has 1 saturated carbocycles. The van der Waals surface area contributed by atoms with E-state index in [-0.39, 0.29) is 5.41 Å². The lowest BCUT2D eigenvalue weighted by Gasteiger charge is -2.07. The summed E-state index contributed by atoms with van der Waals surface area (Å²) in [4.78, 5) is 12.1. The zero-order valence-electron chi connectivity index (χ0n) is 7.62. The van der Waals surface area contributed by atoms with E-state index in [4.69, 9.17) is 0 Å². The van der Waals surface area contributed by atoms with Gasteiger partial charge in [0.25, 0.3) is 0 Å². The molecule has 1 aromatic rings. The van der Waals surface area contributed by atoms with E-state index < -0.39 is 0 Å². The topological polar surface area (TPSA) is 17.1 Å². The van der Waals surface area contributed by atoms with Crippen molar-refractivity contribution in [3.63, 3.8) is 0 Å². The smallest absolute Gasteiger partial charge is 0.130 e. The molecule has 0 heterocycles. The Balaban J connectivity index is 2.28. The van der Waals surface area contributed by atoms with Gasteiger partial charge < -0.3 is 4.79 Å². The average Bonchev–Trinajstić information content (AvgIpc) is 2.99. The highest BCUT2D eigenvalue weighted by Gasteiger charge is 2.43. The summed E-state index contributed by atoms with van der Waals surface area (Å²) in [5.41, 5.74) is 1.07.